The van der Waals surface area contributed by atoms with Gasteiger partial charge in [-0.1, -0.05) is 0 Å². The molecular weight excluding hydrogens is 276 g/mol. The van der Waals surface area contributed by atoms with Gasteiger partial charge in [-0.3, -0.25) is 4.79 Å². The van der Waals surface area contributed by atoms with E-state index in [-0.39, 0.29) is 12.0 Å². The molecule has 1 atom stereocenters. The Morgan fingerprint density at radius 2 is 2.18 bits per heavy atom. The van der Waals surface area contributed by atoms with Gasteiger partial charge in [-0.25, -0.2) is 0 Å². The van der Waals surface area contributed by atoms with Gasteiger partial charge < -0.3 is 14.6 Å². The van der Waals surface area contributed by atoms with Crippen LogP contribution < -0.4 is 0 Å². The van der Waals surface area contributed by atoms with Gasteiger partial charge in [0.2, 0.25) is 0 Å². The summed E-state index contributed by atoms with van der Waals surface area (Å²) in [7, 11) is 0. The lowest BCUT2D eigenvalue weighted by molar-refractivity contribution is -0.0124. The molecule has 0 saturated carbocycles. The highest BCUT2D eigenvalue weighted by Gasteiger charge is 2.23. The Hall–Kier alpha value is -1.81. The van der Waals surface area contributed by atoms with Gasteiger partial charge in [-0.2, -0.15) is 0 Å². The first-order valence-electron chi connectivity index (χ1n) is 8.27. The summed E-state index contributed by atoms with van der Waals surface area (Å²) in [6, 6.07) is 6.09. The van der Waals surface area contributed by atoms with Crippen molar-refractivity contribution in [1.29, 1.82) is 0 Å². The van der Waals surface area contributed by atoms with Crippen molar-refractivity contribution in [3.05, 3.63) is 35.0 Å². The second-order valence-corrected chi connectivity index (χ2v) is 6.48. The zero-order chi connectivity index (χ0) is 15.1. The van der Waals surface area contributed by atoms with E-state index in [0.29, 0.717) is 19.7 Å². The zero-order valence-corrected chi connectivity index (χ0v) is 13.0. The molecular formula is C18H22N2O2. The lowest BCUT2D eigenvalue weighted by Gasteiger charge is -2.31. The fourth-order valence-corrected chi connectivity index (χ4v) is 3.72. The molecule has 0 bridgehead atoms. The molecule has 1 N–H and O–H groups in total. The summed E-state index contributed by atoms with van der Waals surface area (Å²) in [5.74, 6) is 0.128. The first kappa shape index (κ1) is 13.8. The summed E-state index contributed by atoms with van der Waals surface area (Å²) >= 11 is 0. The van der Waals surface area contributed by atoms with Crippen LogP contribution in [-0.4, -0.2) is 41.6 Å². The maximum atomic E-state index is 12.7. The average Bonchev–Trinajstić information content (AvgIpc) is 2.92. The predicted octanol–water partition coefficient (Wildman–Crippen LogP) is 2.91. The van der Waals surface area contributed by atoms with Gasteiger partial charge in [0, 0.05) is 35.2 Å². The first-order chi connectivity index (χ1) is 10.7. The van der Waals surface area contributed by atoms with E-state index in [1.807, 2.05) is 17.9 Å². The van der Waals surface area contributed by atoms with Crippen molar-refractivity contribution in [3.8, 4) is 0 Å². The summed E-state index contributed by atoms with van der Waals surface area (Å²) in [6.45, 7) is 4.02. The first-order valence-corrected chi connectivity index (χ1v) is 8.27. The van der Waals surface area contributed by atoms with Gasteiger partial charge in [-0.15, -0.1) is 0 Å². The van der Waals surface area contributed by atoms with E-state index in [2.05, 4.69) is 17.1 Å². The lowest BCUT2D eigenvalue weighted by atomic mass is 9.95. The Kier molecular flexibility index (Phi) is 3.41. The number of carbonyl (C=O) groups excluding carboxylic acids is 1. The van der Waals surface area contributed by atoms with Gasteiger partial charge in [0.05, 0.1) is 12.7 Å². The van der Waals surface area contributed by atoms with Gasteiger partial charge in [-0.05, 0) is 56.4 Å². The fraction of sp³-hybridized carbons (Fsp3) is 0.500. The Balaban J connectivity index is 1.68. The Morgan fingerprint density at radius 3 is 3.05 bits per heavy atom. The van der Waals surface area contributed by atoms with Crippen molar-refractivity contribution in [2.24, 2.45) is 0 Å². The minimum absolute atomic E-state index is 0.126. The smallest absolute Gasteiger partial charge is 0.254 e. The van der Waals surface area contributed by atoms with E-state index in [9.17, 15) is 4.79 Å². The van der Waals surface area contributed by atoms with Crippen LogP contribution >= 0.6 is 0 Å². The summed E-state index contributed by atoms with van der Waals surface area (Å²) in [6.07, 6.45) is 4.90. The summed E-state index contributed by atoms with van der Waals surface area (Å²) in [4.78, 5) is 18.2. The number of nitrogens with zero attached hydrogens (tertiary/aromatic N) is 1. The van der Waals surface area contributed by atoms with Crippen LogP contribution in [0.5, 0.6) is 0 Å². The molecule has 4 heteroatoms. The van der Waals surface area contributed by atoms with Gasteiger partial charge in [0.25, 0.3) is 5.91 Å². The molecule has 1 fully saturated rings. The molecule has 2 heterocycles. The molecule has 1 unspecified atom stereocenters. The molecule has 22 heavy (non-hydrogen) atoms. The van der Waals surface area contributed by atoms with Crippen molar-refractivity contribution in [2.45, 2.75) is 38.7 Å². The van der Waals surface area contributed by atoms with Crippen molar-refractivity contribution < 1.29 is 9.53 Å². The van der Waals surface area contributed by atoms with Crippen LogP contribution in [0.25, 0.3) is 10.9 Å². The van der Waals surface area contributed by atoms with E-state index >= 15 is 0 Å². The number of H-pyrrole nitrogens is 1. The van der Waals surface area contributed by atoms with E-state index in [1.54, 1.807) is 0 Å². The highest BCUT2D eigenvalue weighted by atomic mass is 16.5. The zero-order valence-electron chi connectivity index (χ0n) is 13.0. The predicted molar refractivity (Wildman–Crippen MR) is 86.3 cm³/mol. The molecule has 0 radical (unpaired) electrons. The summed E-state index contributed by atoms with van der Waals surface area (Å²) in [5.41, 5.74) is 4.75. The Bertz CT molecular complexity index is 719. The maximum absolute atomic E-state index is 12.7. The number of aryl methyl sites for hydroxylation is 2. The van der Waals surface area contributed by atoms with E-state index in [4.69, 9.17) is 4.74 Å². The minimum atomic E-state index is 0.126. The Morgan fingerprint density at radius 1 is 1.32 bits per heavy atom. The molecule has 1 aliphatic heterocycles. The normalized spacial score (nSPS) is 21.9. The number of fused-ring (bicyclic) bond motifs is 3. The van der Waals surface area contributed by atoms with Gasteiger partial charge >= 0.3 is 0 Å². The van der Waals surface area contributed by atoms with Crippen molar-refractivity contribution in [3.63, 3.8) is 0 Å². The summed E-state index contributed by atoms with van der Waals surface area (Å²) < 4.78 is 5.53. The van der Waals surface area contributed by atoms with E-state index in [1.165, 1.54) is 35.0 Å². The highest BCUT2D eigenvalue weighted by molar-refractivity contribution is 5.99. The molecule has 2 aliphatic rings. The van der Waals surface area contributed by atoms with E-state index < -0.39 is 0 Å². The highest BCUT2D eigenvalue weighted by Crippen LogP contribution is 2.30. The Labute approximate surface area is 130 Å². The number of hydrogen-bond acceptors (Lipinski definition) is 2. The molecule has 1 aliphatic carbocycles. The van der Waals surface area contributed by atoms with Crippen molar-refractivity contribution in [1.82, 2.24) is 9.88 Å². The van der Waals surface area contributed by atoms with Crippen LogP contribution in [0.15, 0.2) is 18.2 Å². The van der Waals surface area contributed by atoms with Crippen LogP contribution in [0.4, 0.5) is 0 Å². The molecule has 1 aromatic heterocycles. The quantitative estimate of drug-likeness (QED) is 0.880. The number of rotatable bonds is 1. The van der Waals surface area contributed by atoms with Crippen LogP contribution in [0, 0.1) is 0 Å². The molecule has 1 amide bonds. The number of morpholine rings is 1. The molecule has 4 rings (SSSR count). The monoisotopic (exact) mass is 298 g/mol. The van der Waals surface area contributed by atoms with Gasteiger partial charge in [0.15, 0.2) is 0 Å². The molecule has 0 spiro atoms. The third kappa shape index (κ3) is 2.31. The van der Waals surface area contributed by atoms with Crippen molar-refractivity contribution >= 4 is 16.8 Å². The SMILES string of the molecule is CC1CN(C(=O)c2ccc3[nH]c4c(c3c2)CCCC4)CCO1. The van der Waals surface area contributed by atoms with Gasteiger partial charge in [0.1, 0.15) is 0 Å². The number of amides is 1. The third-order valence-corrected chi connectivity index (χ3v) is 4.87. The number of aromatic nitrogens is 1. The summed E-state index contributed by atoms with van der Waals surface area (Å²) in [5, 5.41) is 1.24. The number of ether oxygens (including phenoxy) is 1. The fourth-order valence-electron chi connectivity index (χ4n) is 3.72. The van der Waals surface area contributed by atoms with Crippen LogP contribution in [-0.2, 0) is 17.6 Å². The minimum Gasteiger partial charge on any atom is -0.375 e. The number of nitrogens with one attached hydrogen (secondary N) is 1. The maximum Gasteiger partial charge on any atom is 0.254 e. The van der Waals surface area contributed by atoms with E-state index in [0.717, 1.165) is 18.4 Å². The number of aromatic amines is 1. The number of carbonyl (C=O) groups is 1. The number of benzene rings is 1. The third-order valence-electron chi connectivity index (χ3n) is 4.87. The standard InChI is InChI=1S/C18H22N2O2/c1-12-11-20(8-9-22-12)18(21)13-6-7-17-15(10-13)14-4-2-3-5-16(14)19-17/h6-7,10,12,19H,2-5,8-9,11H2,1H3. The van der Waals surface area contributed by atoms with Crippen molar-refractivity contribution in [2.75, 3.05) is 19.7 Å². The topological polar surface area (TPSA) is 45.3 Å². The van der Waals surface area contributed by atoms with Crippen LogP contribution in [0.3, 0.4) is 0 Å². The van der Waals surface area contributed by atoms with Crippen LogP contribution in [0.1, 0.15) is 41.4 Å². The lowest BCUT2D eigenvalue weighted by Crippen LogP contribution is -2.44. The molecule has 1 aromatic carbocycles. The average molecular weight is 298 g/mol. The second-order valence-electron chi connectivity index (χ2n) is 6.48. The van der Waals surface area contributed by atoms with Crippen LogP contribution in [0.2, 0.25) is 0 Å². The molecule has 116 valence electrons. The largest absolute Gasteiger partial charge is 0.375 e. The second kappa shape index (κ2) is 5.43. The molecule has 2 aromatic rings. The molecule has 4 nitrogen and oxygen atoms in total. The number of hydrogen-bond donors (Lipinski definition) is 1. The molecule has 1 saturated heterocycles.